The molecule has 1 heterocycles. The summed E-state index contributed by atoms with van der Waals surface area (Å²) in [7, 11) is 2.13. The zero-order valence-electron chi connectivity index (χ0n) is 26.5. The van der Waals surface area contributed by atoms with Crippen molar-refractivity contribution in [3.05, 3.63) is 145 Å². The molecule has 4 aromatic carbocycles. The predicted octanol–water partition coefficient (Wildman–Crippen LogP) is 10.5. The van der Waals surface area contributed by atoms with Crippen LogP contribution >= 0.6 is 0 Å². The first kappa shape index (κ1) is 29.8. The van der Waals surface area contributed by atoms with Crippen LogP contribution < -0.4 is 9.47 Å². The zero-order valence-corrected chi connectivity index (χ0v) is 26.5. The van der Waals surface area contributed by atoms with Crippen LogP contribution in [0.3, 0.4) is 0 Å². The van der Waals surface area contributed by atoms with Crippen molar-refractivity contribution in [2.45, 2.75) is 47.5 Å². The fourth-order valence-electron chi connectivity index (χ4n) is 5.92. The van der Waals surface area contributed by atoms with Gasteiger partial charge in [0.2, 0.25) is 0 Å². The first-order valence-electron chi connectivity index (χ1n) is 15.5. The third kappa shape index (κ3) is 6.57. The van der Waals surface area contributed by atoms with Crippen LogP contribution in [0.5, 0.6) is 0 Å². The van der Waals surface area contributed by atoms with Gasteiger partial charge in [-0.25, -0.2) is 4.57 Å². The van der Waals surface area contributed by atoms with Crippen LogP contribution in [0.1, 0.15) is 50.6 Å². The van der Waals surface area contributed by atoms with Crippen molar-refractivity contribution in [2.75, 3.05) is 4.90 Å². The van der Waals surface area contributed by atoms with E-state index in [1.54, 1.807) is 0 Å². The second-order valence-corrected chi connectivity index (χ2v) is 11.6. The van der Waals surface area contributed by atoms with Gasteiger partial charge in [0.25, 0.3) is 5.82 Å². The molecule has 0 saturated heterocycles. The Balaban J connectivity index is 0.00000118. The highest BCUT2D eigenvalue weighted by molar-refractivity contribution is 5.80. The van der Waals surface area contributed by atoms with Crippen molar-refractivity contribution in [3.8, 4) is 16.8 Å². The Hall–Kier alpha value is -4.63. The summed E-state index contributed by atoms with van der Waals surface area (Å²) in [4.78, 5) is 2.32. The Morgan fingerprint density at radius 3 is 1.93 bits per heavy atom. The number of para-hydroxylation sites is 2. The standard InChI is InChI=1S/C37H36N3.C3H8/c1-27-13-11-15-31(23-27)37-38(4)21-22-39(37)36-28(2)24-32(25-29(36)3)30-14-12-20-35(26-30)40(33-16-7-5-8-17-33)34-18-9-6-10-19-34;1-3-2/h5-12,14-27H,13H2,1-4H3;3H2,1-2H3/q+1;. The predicted molar refractivity (Wildman–Crippen MR) is 183 cm³/mol. The summed E-state index contributed by atoms with van der Waals surface area (Å²) in [6.07, 6.45) is 13.6. The maximum absolute atomic E-state index is 2.39. The normalized spacial score (nSPS) is 14.1. The molecule has 43 heavy (non-hydrogen) atoms. The average molecular weight is 567 g/mol. The minimum atomic E-state index is 0.548. The van der Waals surface area contributed by atoms with Crippen molar-refractivity contribution < 1.29 is 4.57 Å². The van der Waals surface area contributed by atoms with Gasteiger partial charge in [0.15, 0.2) is 0 Å². The van der Waals surface area contributed by atoms with Gasteiger partial charge >= 0.3 is 0 Å². The van der Waals surface area contributed by atoms with Gasteiger partial charge in [-0.3, -0.25) is 0 Å². The number of aromatic nitrogens is 2. The van der Waals surface area contributed by atoms with Gasteiger partial charge in [0.05, 0.1) is 12.6 Å². The first-order chi connectivity index (χ1) is 20.9. The number of imidazole rings is 1. The van der Waals surface area contributed by atoms with Crippen LogP contribution in [0.4, 0.5) is 17.1 Å². The van der Waals surface area contributed by atoms with Crippen LogP contribution in [0.2, 0.25) is 0 Å². The molecule has 0 fully saturated rings. The molecule has 3 heteroatoms. The van der Waals surface area contributed by atoms with E-state index in [0.29, 0.717) is 5.92 Å². The van der Waals surface area contributed by atoms with E-state index in [-0.39, 0.29) is 0 Å². The lowest BCUT2D eigenvalue weighted by Gasteiger charge is -2.26. The molecule has 6 rings (SSSR count). The molecule has 0 saturated carbocycles. The Kier molecular flexibility index (Phi) is 9.41. The molecule has 0 radical (unpaired) electrons. The number of anilines is 3. The largest absolute Gasteiger partial charge is 0.310 e. The monoisotopic (exact) mass is 566 g/mol. The van der Waals surface area contributed by atoms with Crippen LogP contribution in [0.15, 0.2) is 128 Å². The number of hydrogen-bond acceptors (Lipinski definition) is 1. The Morgan fingerprint density at radius 2 is 1.35 bits per heavy atom. The SMILES string of the molecule is CCC.Cc1cc(-c2cccc(N(c3ccccc3)c3ccccc3)c2)cc(C)c1-n1cc[n+](C)c1C1=CC(C)CC=C1. The second-order valence-electron chi connectivity index (χ2n) is 11.6. The lowest BCUT2D eigenvalue weighted by Crippen LogP contribution is -2.31. The Morgan fingerprint density at radius 1 is 0.767 bits per heavy atom. The quantitative estimate of drug-likeness (QED) is 0.186. The Bertz CT molecular complexity index is 1660. The summed E-state index contributed by atoms with van der Waals surface area (Å²) in [5.41, 5.74) is 10.9. The van der Waals surface area contributed by atoms with Crippen LogP contribution in [-0.4, -0.2) is 4.57 Å². The van der Waals surface area contributed by atoms with E-state index in [1.165, 1.54) is 45.8 Å². The highest BCUT2D eigenvalue weighted by Crippen LogP contribution is 2.37. The summed E-state index contributed by atoms with van der Waals surface area (Å²) in [5, 5.41) is 0. The lowest BCUT2D eigenvalue weighted by atomic mass is 9.96. The minimum absolute atomic E-state index is 0.548. The first-order valence-corrected chi connectivity index (χ1v) is 15.5. The molecular formula is C40H44N3+. The molecule has 1 aliphatic rings. The third-order valence-corrected chi connectivity index (χ3v) is 7.73. The van der Waals surface area contributed by atoms with Crippen LogP contribution in [0, 0.1) is 19.8 Å². The molecule has 1 atom stereocenters. The highest BCUT2D eigenvalue weighted by Gasteiger charge is 2.24. The van der Waals surface area contributed by atoms with E-state index in [2.05, 4.69) is 183 Å². The summed E-state index contributed by atoms with van der Waals surface area (Å²) in [6, 6.07) is 34.7. The van der Waals surface area contributed by atoms with E-state index >= 15 is 0 Å². The van der Waals surface area contributed by atoms with Crippen LogP contribution in [0.25, 0.3) is 22.4 Å². The van der Waals surface area contributed by atoms with Crippen molar-refractivity contribution in [1.82, 2.24) is 4.57 Å². The molecule has 5 aromatic rings. The lowest BCUT2D eigenvalue weighted by molar-refractivity contribution is -0.672. The van der Waals surface area contributed by atoms with Gasteiger partial charge in [-0.2, -0.15) is 4.57 Å². The molecule has 0 amide bonds. The molecular weight excluding hydrogens is 522 g/mol. The molecule has 3 nitrogen and oxygen atoms in total. The average Bonchev–Trinajstić information content (AvgIpc) is 3.39. The molecule has 0 spiro atoms. The van der Waals surface area contributed by atoms with Crippen molar-refractivity contribution in [3.63, 3.8) is 0 Å². The number of hydrogen-bond donors (Lipinski definition) is 0. The smallest absolute Gasteiger partial charge is 0.293 e. The maximum atomic E-state index is 2.39. The summed E-state index contributed by atoms with van der Waals surface area (Å²) < 4.78 is 4.58. The van der Waals surface area contributed by atoms with E-state index in [9.17, 15) is 0 Å². The molecule has 0 aliphatic heterocycles. The van der Waals surface area contributed by atoms with Gasteiger partial charge < -0.3 is 4.90 Å². The van der Waals surface area contributed by atoms with Crippen LogP contribution in [-0.2, 0) is 7.05 Å². The third-order valence-electron chi connectivity index (χ3n) is 7.73. The molecule has 1 aromatic heterocycles. The number of rotatable bonds is 6. The minimum Gasteiger partial charge on any atom is -0.310 e. The van der Waals surface area contributed by atoms with Gasteiger partial charge in [-0.05, 0) is 97.0 Å². The zero-order chi connectivity index (χ0) is 30.3. The fourth-order valence-corrected chi connectivity index (χ4v) is 5.92. The van der Waals surface area contributed by atoms with Crippen molar-refractivity contribution in [2.24, 2.45) is 13.0 Å². The fraction of sp³-hybridized carbons (Fsp3) is 0.225. The second kappa shape index (κ2) is 13.6. The van der Waals surface area contributed by atoms with E-state index in [0.717, 1.165) is 23.5 Å². The van der Waals surface area contributed by atoms with Gasteiger partial charge in [-0.1, -0.05) is 94.0 Å². The van der Waals surface area contributed by atoms with Gasteiger partial charge in [-0.15, -0.1) is 0 Å². The molecule has 0 N–H and O–H groups in total. The highest BCUT2D eigenvalue weighted by atomic mass is 15.1. The number of allylic oxidation sites excluding steroid dienone is 4. The number of nitrogens with zero attached hydrogens (tertiary/aromatic N) is 3. The number of benzene rings is 4. The molecule has 218 valence electrons. The summed E-state index contributed by atoms with van der Waals surface area (Å²) in [6.45, 7) is 11.0. The van der Waals surface area contributed by atoms with Crippen molar-refractivity contribution in [1.29, 1.82) is 0 Å². The van der Waals surface area contributed by atoms with Gasteiger partial charge in [0.1, 0.15) is 18.1 Å². The molecule has 0 bridgehead atoms. The van der Waals surface area contributed by atoms with E-state index in [4.69, 9.17) is 0 Å². The summed E-state index contributed by atoms with van der Waals surface area (Å²) in [5.74, 6) is 1.76. The number of aryl methyl sites for hydroxylation is 3. The summed E-state index contributed by atoms with van der Waals surface area (Å²) >= 11 is 0. The maximum Gasteiger partial charge on any atom is 0.293 e. The van der Waals surface area contributed by atoms with Gasteiger partial charge in [0, 0.05) is 17.1 Å². The molecule has 1 aliphatic carbocycles. The van der Waals surface area contributed by atoms with E-state index in [1.807, 2.05) is 0 Å². The molecule has 1 unspecified atom stereocenters. The van der Waals surface area contributed by atoms with Crippen molar-refractivity contribution >= 4 is 22.6 Å². The Labute approximate surface area is 258 Å². The topological polar surface area (TPSA) is 12.1 Å². The van der Waals surface area contributed by atoms with E-state index < -0.39 is 0 Å².